The highest BCUT2D eigenvalue weighted by Crippen LogP contribution is 2.04. The Hall–Kier alpha value is -0.0900. The van der Waals surface area contributed by atoms with Gasteiger partial charge in [0.15, 0.2) is 0 Å². The monoisotopic (exact) mass is 252 g/mol. The van der Waals surface area contributed by atoms with Gasteiger partial charge in [-0.25, -0.2) is 0 Å². The zero-order valence-corrected chi connectivity index (χ0v) is 9.80. The molecule has 1 atom stereocenters. The smallest absolute Gasteiger partial charge is 0.308 e. The summed E-state index contributed by atoms with van der Waals surface area (Å²) in [5, 5.41) is 0. The van der Waals surface area contributed by atoms with Gasteiger partial charge in [-0.1, -0.05) is 22.9 Å². The molecule has 0 bridgehead atoms. The average Bonchev–Trinajstić information content (AvgIpc) is 2.14. The van der Waals surface area contributed by atoms with Crippen LogP contribution in [0.1, 0.15) is 26.7 Å². The normalized spacial score (nSPS) is 12.5. The van der Waals surface area contributed by atoms with Gasteiger partial charge in [0.1, 0.15) is 6.61 Å². The number of ether oxygens (including phenoxy) is 2. The summed E-state index contributed by atoms with van der Waals surface area (Å²) in [4.78, 5) is 11.3. The molecule has 0 saturated heterocycles. The largest absolute Gasteiger partial charge is 0.464 e. The molecule has 1 unspecified atom stereocenters. The molecule has 0 amide bonds. The Kier molecular flexibility index (Phi) is 8.45. The zero-order valence-electron chi connectivity index (χ0n) is 8.22. The van der Waals surface area contributed by atoms with Gasteiger partial charge in [-0.05, 0) is 13.3 Å². The molecule has 0 spiro atoms. The van der Waals surface area contributed by atoms with Gasteiger partial charge in [-0.3, -0.25) is 4.79 Å². The third kappa shape index (κ3) is 8.25. The van der Waals surface area contributed by atoms with Gasteiger partial charge < -0.3 is 9.47 Å². The number of hydrogen-bond acceptors (Lipinski definition) is 3. The van der Waals surface area contributed by atoms with Crippen molar-refractivity contribution in [3.8, 4) is 0 Å². The first kappa shape index (κ1) is 12.9. The van der Waals surface area contributed by atoms with Crippen molar-refractivity contribution in [2.75, 3.05) is 19.8 Å². The summed E-state index contributed by atoms with van der Waals surface area (Å²) in [6, 6.07) is 0. The Morgan fingerprint density at radius 3 is 2.69 bits per heavy atom. The molecule has 0 fully saturated rings. The fourth-order valence-electron chi connectivity index (χ4n) is 0.673. The van der Waals surface area contributed by atoms with Gasteiger partial charge >= 0.3 is 5.97 Å². The minimum atomic E-state index is -0.189. The zero-order chi connectivity index (χ0) is 10.1. The molecule has 0 radical (unpaired) electrons. The first-order valence-electron chi connectivity index (χ1n) is 4.58. The number of hydrogen-bond donors (Lipinski definition) is 0. The molecule has 0 rings (SSSR count). The van der Waals surface area contributed by atoms with E-state index in [0.717, 1.165) is 6.42 Å². The van der Waals surface area contributed by atoms with Crippen molar-refractivity contribution in [3.63, 3.8) is 0 Å². The minimum Gasteiger partial charge on any atom is -0.464 e. The van der Waals surface area contributed by atoms with Crippen LogP contribution < -0.4 is 0 Å². The van der Waals surface area contributed by atoms with E-state index in [9.17, 15) is 4.79 Å². The van der Waals surface area contributed by atoms with Gasteiger partial charge in [-0.15, -0.1) is 0 Å². The summed E-state index contributed by atoms with van der Waals surface area (Å²) < 4.78 is 10.0. The van der Waals surface area contributed by atoms with Crippen molar-refractivity contribution in [2.24, 2.45) is 0 Å². The molecular weight excluding hydrogens is 236 g/mol. The maximum Gasteiger partial charge on any atom is 0.308 e. The first-order valence-corrected chi connectivity index (χ1v) is 5.49. The number of esters is 1. The maximum atomic E-state index is 11.0. The lowest BCUT2D eigenvalue weighted by Gasteiger charge is -2.07. The van der Waals surface area contributed by atoms with Crippen LogP contribution in [-0.2, 0) is 14.3 Å². The number of halogens is 1. The molecule has 4 heteroatoms. The Balaban J connectivity index is 3.30. The molecule has 0 saturated carbocycles. The van der Waals surface area contributed by atoms with Gasteiger partial charge in [0.2, 0.25) is 0 Å². The van der Waals surface area contributed by atoms with Crippen LogP contribution in [0.2, 0.25) is 0 Å². The molecule has 0 N–H and O–H groups in total. The Labute approximate surface area is 87.9 Å². The van der Waals surface area contributed by atoms with E-state index < -0.39 is 0 Å². The molecule has 0 aliphatic carbocycles. The van der Waals surface area contributed by atoms with E-state index >= 15 is 0 Å². The van der Waals surface area contributed by atoms with E-state index in [1.165, 1.54) is 0 Å². The number of carbonyl (C=O) groups excluding carboxylic acids is 1. The molecule has 0 aromatic heterocycles. The SMILES string of the molecule is CCOCCC(=O)OCC(Br)CC. The van der Waals surface area contributed by atoms with Gasteiger partial charge in [-0.2, -0.15) is 0 Å². The topological polar surface area (TPSA) is 35.5 Å². The maximum absolute atomic E-state index is 11.0. The van der Waals surface area contributed by atoms with Crippen LogP contribution in [-0.4, -0.2) is 30.6 Å². The van der Waals surface area contributed by atoms with Crippen LogP contribution in [0, 0.1) is 0 Å². The fourth-order valence-corrected chi connectivity index (χ4v) is 0.805. The van der Waals surface area contributed by atoms with E-state index in [1.54, 1.807) is 0 Å². The fraction of sp³-hybridized carbons (Fsp3) is 0.889. The molecular formula is C9H17BrO3. The Morgan fingerprint density at radius 2 is 2.15 bits per heavy atom. The average molecular weight is 253 g/mol. The molecule has 0 heterocycles. The predicted molar refractivity (Wildman–Crippen MR) is 55.1 cm³/mol. The standard InChI is InChI=1S/C9H17BrO3/c1-3-8(10)7-13-9(11)5-6-12-4-2/h8H,3-7H2,1-2H3. The van der Waals surface area contributed by atoms with Crippen molar-refractivity contribution >= 4 is 21.9 Å². The van der Waals surface area contributed by atoms with Crippen molar-refractivity contribution in [2.45, 2.75) is 31.5 Å². The lowest BCUT2D eigenvalue weighted by Crippen LogP contribution is -2.14. The van der Waals surface area contributed by atoms with Gasteiger partial charge in [0.25, 0.3) is 0 Å². The summed E-state index contributed by atoms with van der Waals surface area (Å²) >= 11 is 3.38. The summed E-state index contributed by atoms with van der Waals surface area (Å²) in [5.41, 5.74) is 0. The predicted octanol–water partition coefficient (Wildman–Crippen LogP) is 2.13. The molecule has 0 aromatic carbocycles. The third-order valence-corrected chi connectivity index (χ3v) is 2.43. The molecule has 0 aliphatic rings. The lowest BCUT2D eigenvalue weighted by atomic mass is 10.3. The Morgan fingerprint density at radius 1 is 1.46 bits per heavy atom. The van der Waals surface area contributed by atoms with Crippen LogP contribution >= 0.6 is 15.9 Å². The van der Waals surface area contributed by atoms with E-state index in [-0.39, 0.29) is 10.8 Å². The second kappa shape index (κ2) is 8.51. The van der Waals surface area contributed by atoms with Crippen LogP contribution in [0.4, 0.5) is 0 Å². The van der Waals surface area contributed by atoms with Crippen molar-refractivity contribution < 1.29 is 14.3 Å². The summed E-state index contributed by atoms with van der Waals surface area (Å²) in [7, 11) is 0. The minimum absolute atomic E-state index is 0.189. The van der Waals surface area contributed by atoms with Gasteiger partial charge in [0.05, 0.1) is 13.0 Å². The summed E-state index contributed by atoms with van der Waals surface area (Å²) in [6.45, 7) is 5.48. The highest BCUT2D eigenvalue weighted by Gasteiger charge is 2.06. The number of rotatable bonds is 7. The molecule has 0 aliphatic heterocycles. The van der Waals surface area contributed by atoms with E-state index in [1.807, 2.05) is 13.8 Å². The molecule has 13 heavy (non-hydrogen) atoms. The lowest BCUT2D eigenvalue weighted by molar-refractivity contribution is -0.144. The van der Waals surface area contributed by atoms with E-state index in [2.05, 4.69) is 15.9 Å². The van der Waals surface area contributed by atoms with Crippen LogP contribution in [0.25, 0.3) is 0 Å². The van der Waals surface area contributed by atoms with E-state index in [0.29, 0.717) is 26.2 Å². The Bertz CT molecular complexity index is 139. The van der Waals surface area contributed by atoms with Gasteiger partial charge in [0, 0.05) is 11.4 Å². The first-order chi connectivity index (χ1) is 6.20. The quantitative estimate of drug-likeness (QED) is 0.396. The van der Waals surface area contributed by atoms with Crippen LogP contribution in [0.3, 0.4) is 0 Å². The summed E-state index contributed by atoms with van der Waals surface area (Å²) in [5.74, 6) is -0.189. The second-order valence-corrected chi connectivity index (χ2v) is 3.93. The highest BCUT2D eigenvalue weighted by atomic mass is 79.9. The van der Waals surface area contributed by atoms with E-state index in [4.69, 9.17) is 9.47 Å². The molecule has 78 valence electrons. The van der Waals surface area contributed by atoms with Crippen molar-refractivity contribution in [1.29, 1.82) is 0 Å². The van der Waals surface area contributed by atoms with Crippen LogP contribution in [0.15, 0.2) is 0 Å². The van der Waals surface area contributed by atoms with Crippen LogP contribution in [0.5, 0.6) is 0 Å². The molecule has 0 aromatic rings. The number of carbonyl (C=O) groups is 1. The van der Waals surface area contributed by atoms with Crippen molar-refractivity contribution in [3.05, 3.63) is 0 Å². The number of alkyl halides is 1. The van der Waals surface area contributed by atoms with Crippen molar-refractivity contribution in [1.82, 2.24) is 0 Å². The highest BCUT2D eigenvalue weighted by molar-refractivity contribution is 9.09. The molecule has 3 nitrogen and oxygen atoms in total. The second-order valence-electron chi connectivity index (χ2n) is 2.64. The third-order valence-electron chi connectivity index (χ3n) is 1.52. The summed E-state index contributed by atoms with van der Waals surface area (Å²) in [6.07, 6.45) is 1.30.